The zero-order valence-electron chi connectivity index (χ0n) is 13.4. The summed E-state index contributed by atoms with van der Waals surface area (Å²) in [4.78, 5) is 12.3. The van der Waals surface area contributed by atoms with Gasteiger partial charge in [-0.1, -0.05) is 66.7 Å². The van der Waals surface area contributed by atoms with Gasteiger partial charge < -0.3 is 4.74 Å². The van der Waals surface area contributed by atoms with E-state index in [-0.39, 0.29) is 17.8 Å². The monoisotopic (exact) mass is 306 g/mol. The Balaban J connectivity index is 1.89. The normalized spacial score (nSPS) is 18.4. The maximum absolute atomic E-state index is 12.3. The third kappa shape index (κ3) is 3.53. The highest BCUT2D eigenvalue weighted by molar-refractivity contribution is 5.79. The summed E-state index contributed by atoms with van der Waals surface area (Å²) in [7, 11) is 1.47. The SMILES string of the molecule is COC(=O)C(c1ccc(-c2ccccc2)cc1)C1C=CCCC1. The fourth-order valence-corrected chi connectivity index (χ4v) is 3.31. The Bertz CT molecular complexity index is 671. The first-order valence-electron chi connectivity index (χ1n) is 8.19. The van der Waals surface area contributed by atoms with E-state index in [0.717, 1.165) is 30.4 Å². The molecule has 0 saturated heterocycles. The second-order valence-electron chi connectivity index (χ2n) is 6.01. The van der Waals surface area contributed by atoms with Crippen LogP contribution in [0.15, 0.2) is 66.7 Å². The van der Waals surface area contributed by atoms with E-state index < -0.39 is 0 Å². The van der Waals surface area contributed by atoms with Crippen LogP contribution >= 0.6 is 0 Å². The molecular weight excluding hydrogens is 284 g/mol. The number of ether oxygens (including phenoxy) is 1. The molecule has 2 aromatic rings. The second kappa shape index (κ2) is 7.28. The lowest BCUT2D eigenvalue weighted by molar-refractivity contribution is -0.143. The summed E-state index contributed by atoms with van der Waals surface area (Å²) in [6.45, 7) is 0. The summed E-state index contributed by atoms with van der Waals surface area (Å²) in [5.41, 5.74) is 3.39. The van der Waals surface area contributed by atoms with E-state index in [9.17, 15) is 4.79 Å². The van der Waals surface area contributed by atoms with Crippen molar-refractivity contribution >= 4 is 5.97 Å². The van der Waals surface area contributed by atoms with Crippen molar-refractivity contribution in [1.29, 1.82) is 0 Å². The molecule has 0 heterocycles. The Morgan fingerprint density at radius 2 is 1.74 bits per heavy atom. The quantitative estimate of drug-likeness (QED) is 0.589. The number of carbonyl (C=O) groups is 1. The molecule has 0 amide bonds. The van der Waals surface area contributed by atoms with Crippen LogP contribution in [0.5, 0.6) is 0 Å². The van der Waals surface area contributed by atoms with Gasteiger partial charge in [0.1, 0.15) is 0 Å². The molecule has 0 aromatic heterocycles. The number of carbonyl (C=O) groups excluding carboxylic acids is 1. The fourth-order valence-electron chi connectivity index (χ4n) is 3.31. The van der Waals surface area contributed by atoms with Gasteiger partial charge in [-0.25, -0.2) is 0 Å². The Kier molecular flexibility index (Phi) is 4.92. The minimum atomic E-state index is -0.207. The van der Waals surface area contributed by atoms with Crippen LogP contribution in [-0.2, 0) is 9.53 Å². The molecule has 1 aliphatic rings. The van der Waals surface area contributed by atoms with Gasteiger partial charge in [0.15, 0.2) is 0 Å². The van der Waals surface area contributed by atoms with Crippen molar-refractivity contribution in [2.75, 3.05) is 7.11 Å². The molecule has 0 radical (unpaired) electrons. The van der Waals surface area contributed by atoms with E-state index in [1.165, 1.54) is 12.7 Å². The third-order valence-corrected chi connectivity index (χ3v) is 4.55. The largest absolute Gasteiger partial charge is 0.469 e. The lowest BCUT2D eigenvalue weighted by Crippen LogP contribution is -2.23. The Morgan fingerprint density at radius 1 is 1.04 bits per heavy atom. The van der Waals surface area contributed by atoms with E-state index in [1.807, 2.05) is 18.2 Å². The lowest BCUT2D eigenvalue weighted by atomic mass is 9.80. The molecule has 3 rings (SSSR count). The summed E-state index contributed by atoms with van der Waals surface area (Å²) in [6.07, 6.45) is 7.64. The first kappa shape index (κ1) is 15.5. The van der Waals surface area contributed by atoms with Crippen molar-refractivity contribution in [1.82, 2.24) is 0 Å². The summed E-state index contributed by atoms with van der Waals surface area (Å²) >= 11 is 0. The third-order valence-electron chi connectivity index (χ3n) is 4.55. The minimum absolute atomic E-state index is 0.144. The van der Waals surface area contributed by atoms with E-state index in [0.29, 0.717) is 0 Å². The minimum Gasteiger partial charge on any atom is -0.469 e. The zero-order valence-corrected chi connectivity index (χ0v) is 13.4. The number of rotatable bonds is 4. The average Bonchev–Trinajstić information content (AvgIpc) is 2.64. The van der Waals surface area contributed by atoms with E-state index >= 15 is 0 Å². The van der Waals surface area contributed by atoms with Crippen LogP contribution in [-0.4, -0.2) is 13.1 Å². The van der Waals surface area contributed by atoms with Gasteiger partial charge in [-0.3, -0.25) is 4.79 Å². The molecule has 2 atom stereocenters. The van der Waals surface area contributed by atoms with Gasteiger partial charge in [-0.2, -0.15) is 0 Å². The van der Waals surface area contributed by atoms with Gasteiger partial charge in [-0.05, 0) is 41.9 Å². The number of hydrogen-bond donors (Lipinski definition) is 0. The number of esters is 1. The summed E-state index contributed by atoms with van der Waals surface area (Å²) in [5.74, 6) is -0.117. The van der Waals surface area contributed by atoms with Crippen LogP contribution < -0.4 is 0 Å². The van der Waals surface area contributed by atoms with Crippen LogP contribution in [0.3, 0.4) is 0 Å². The van der Waals surface area contributed by atoms with Crippen molar-refractivity contribution in [3.63, 3.8) is 0 Å². The highest BCUT2D eigenvalue weighted by Gasteiger charge is 2.29. The molecule has 2 aromatic carbocycles. The lowest BCUT2D eigenvalue weighted by Gasteiger charge is -2.25. The number of methoxy groups -OCH3 is 1. The van der Waals surface area contributed by atoms with Crippen LogP contribution in [0, 0.1) is 5.92 Å². The molecule has 2 heteroatoms. The molecule has 0 N–H and O–H groups in total. The van der Waals surface area contributed by atoms with Gasteiger partial charge in [0.05, 0.1) is 13.0 Å². The maximum Gasteiger partial charge on any atom is 0.313 e. The topological polar surface area (TPSA) is 26.3 Å². The van der Waals surface area contributed by atoms with Crippen LogP contribution in [0.2, 0.25) is 0 Å². The van der Waals surface area contributed by atoms with Crippen molar-refractivity contribution in [2.24, 2.45) is 5.92 Å². The molecule has 0 spiro atoms. The predicted octanol–water partition coefficient (Wildman–Crippen LogP) is 4.97. The van der Waals surface area contributed by atoms with E-state index in [4.69, 9.17) is 4.74 Å². The van der Waals surface area contributed by atoms with E-state index in [2.05, 4.69) is 48.6 Å². The molecule has 2 nitrogen and oxygen atoms in total. The highest BCUT2D eigenvalue weighted by Crippen LogP contribution is 2.34. The van der Waals surface area contributed by atoms with Crippen molar-refractivity contribution in [3.05, 3.63) is 72.3 Å². The Hall–Kier alpha value is -2.35. The Labute approximate surface area is 137 Å². The van der Waals surface area contributed by atoms with Gasteiger partial charge in [0.2, 0.25) is 0 Å². The molecule has 23 heavy (non-hydrogen) atoms. The number of allylic oxidation sites excluding steroid dienone is 2. The van der Waals surface area contributed by atoms with Crippen molar-refractivity contribution < 1.29 is 9.53 Å². The number of hydrogen-bond acceptors (Lipinski definition) is 2. The van der Waals surface area contributed by atoms with Gasteiger partial charge in [0, 0.05) is 0 Å². The maximum atomic E-state index is 12.3. The standard InChI is InChI=1S/C21H22O2/c1-23-21(22)20(18-10-6-3-7-11-18)19-14-12-17(13-15-19)16-8-4-2-5-9-16/h2,4-6,8-10,12-15,18,20H,3,7,11H2,1H3. The smallest absolute Gasteiger partial charge is 0.313 e. The molecule has 118 valence electrons. The second-order valence-corrected chi connectivity index (χ2v) is 6.01. The van der Waals surface area contributed by atoms with Gasteiger partial charge >= 0.3 is 5.97 Å². The predicted molar refractivity (Wildman–Crippen MR) is 93.1 cm³/mol. The van der Waals surface area contributed by atoms with Gasteiger partial charge in [-0.15, -0.1) is 0 Å². The molecule has 0 saturated carbocycles. The first-order chi connectivity index (χ1) is 11.3. The molecule has 0 fully saturated rings. The van der Waals surface area contributed by atoms with E-state index in [1.54, 1.807) is 0 Å². The summed E-state index contributed by atoms with van der Waals surface area (Å²) < 4.78 is 5.06. The molecular formula is C21H22O2. The molecule has 2 unspecified atom stereocenters. The molecule has 1 aliphatic carbocycles. The molecule has 0 bridgehead atoms. The van der Waals surface area contributed by atoms with Crippen molar-refractivity contribution in [2.45, 2.75) is 25.2 Å². The summed E-state index contributed by atoms with van der Waals surface area (Å²) in [6, 6.07) is 18.6. The van der Waals surface area contributed by atoms with Gasteiger partial charge in [0.25, 0.3) is 0 Å². The van der Waals surface area contributed by atoms with Crippen LogP contribution in [0.1, 0.15) is 30.7 Å². The fraction of sp³-hybridized carbons (Fsp3) is 0.286. The van der Waals surface area contributed by atoms with Crippen molar-refractivity contribution in [3.8, 4) is 11.1 Å². The number of benzene rings is 2. The molecule has 0 aliphatic heterocycles. The first-order valence-corrected chi connectivity index (χ1v) is 8.19. The van der Waals surface area contributed by atoms with Crippen LogP contribution in [0.4, 0.5) is 0 Å². The average molecular weight is 306 g/mol. The Morgan fingerprint density at radius 3 is 2.35 bits per heavy atom. The van der Waals surface area contributed by atoms with Crippen LogP contribution in [0.25, 0.3) is 11.1 Å². The zero-order chi connectivity index (χ0) is 16.1. The highest BCUT2D eigenvalue weighted by atomic mass is 16.5. The summed E-state index contributed by atoms with van der Waals surface area (Å²) in [5, 5.41) is 0.